The molecule has 5 rings (SSSR count). The summed E-state index contributed by atoms with van der Waals surface area (Å²) in [5.41, 5.74) is 9.09. The van der Waals surface area contributed by atoms with Crippen molar-refractivity contribution >= 4 is 11.6 Å². The van der Waals surface area contributed by atoms with Crippen LogP contribution in [0.1, 0.15) is 46.2 Å². The van der Waals surface area contributed by atoms with Crippen LogP contribution in [0.15, 0.2) is 41.3 Å². The number of aromatic amines is 1. The molecule has 1 aromatic heterocycles. The lowest BCUT2D eigenvalue weighted by atomic mass is 9.85. The molecule has 2 N–H and O–H groups in total. The molecule has 0 spiro atoms. The molecule has 0 aliphatic carbocycles. The fourth-order valence-corrected chi connectivity index (χ4v) is 6.09. The normalized spacial score (nSPS) is 16.7. The van der Waals surface area contributed by atoms with Crippen molar-refractivity contribution in [1.82, 2.24) is 15.2 Å². The molecule has 2 aliphatic heterocycles. The van der Waals surface area contributed by atoms with Gasteiger partial charge < -0.3 is 15.0 Å². The molecule has 190 valence electrons. The Morgan fingerprint density at radius 1 is 1.14 bits per heavy atom. The summed E-state index contributed by atoms with van der Waals surface area (Å²) >= 11 is 6.86. The summed E-state index contributed by atoms with van der Waals surface area (Å²) in [6, 6.07) is 10.9. The van der Waals surface area contributed by atoms with Crippen LogP contribution in [0.25, 0.3) is 11.1 Å². The summed E-state index contributed by atoms with van der Waals surface area (Å²) in [6.45, 7) is 8.79. The second-order valence-corrected chi connectivity index (χ2v) is 10.7. The Morgan fingerprint density at radius 3 is 2.72 bits per heavy atom. The fourth-order valence-electron chi connectivity index (χ4n) is 5.82. The minimum absolute atomic E-state index is 0.0600. The summed E-state index contributed by atoms with van der Waals surface area (Å²) in [5, 5.41) is 4.18. The third kappa shape index (κ3) is 5.10. The van der Waals surface area contributed by atoms with E-state index in [-0.39, 0.29) is 5.56 Å². The maximum Gasteiger partial charge on any atom is 0.251 e. The maximum atomic E-state index is 12.0. The van der Waals surface area contributed by atoms with E-state index in [4.69, 9.17) is 16.3 Å². The van der Waals surface area contributed by atoms with Gasteiger partial charge in [-0.15, -0.1) is 0 Å². The molecule has 1 fully saturated rings. The number of methoxy groups -OCH3 is 1. The Hall–Kier alpha value is -2.60. The van der Waals surface area contributed by atoms with E-state index < -0.39 is 0 Å². The van der Waals surface area contributed by atoms with E-state index in [1.54, 1.807) is 24.4 Å². The summed E-state index contributed by atoms with van der Waals surface area (Å²) in [5.74, 6) is 1.58. The highest BCUT2D eigenvalue weighted by Gasteiger charge is 2.23. The Bertz CT molecular complexity index is 1310. The molecule has 0 bridgehead atoms. The Kier molecular flexibility index (Phi) is 7.52. The van der Waals surface area contributed by atoms with E-state index >= 15 is 0 Å². The first-order chi connectivity index (χ1) is 17.4. The second kappa shape index (κ2) is 10.8. The van der Waals surface area contributed by atoms with Gasteiger partial charge in [-0.1, -0.05) is 29.8 Å². The molecule has 0 amide bonds. The maximum absolute atomic E-state index is 12.0. The largest absolute Gasteiger partial charge is 0.496 e. The number of H-pyrrole nitrogens is 1. The van der Waals surface area contributed by atoms with E-state index in [9.17, 15) is 4.79 Å². The monoisotopic (exact) mass is 505 g/mol. The van der Waals surface area contributed by atoms with E-state index in [2.05, 4.69) is 33.4 Å². The number of halogens is 1. The van der Waals surface area contributed by atoms with Crippen molar-refractivity contribution in [3.8, 4) is 16.9 Å². The summed E-state index contributed by atoms with van der Waals surface area (Å²) in [7, 11) is 1.70. The molecule has 0 atom stereocenters. The highest BCUT2D eigenvalue weighted by Crippen LogP contribution is 2.36. The van der Waals surface area contributed by atoms with Gasteiger partial charge in [0.05, 0.1) is 7.11 Å². The van der Waals surface area contributed by atoms with Crippen LogP contribution < -0.4 is 15.6 Å². The zero-order valence-electron chi connectivity index (χ0n) is 21.5. The summed E-state index contributed by atoms with van der Waals surface area (Å²) in [6.07, 6.45) is 6.60. The van der Waals surface area contributed by atoms with Crippen molar-refractivity contribution in [2.75, 3.05) is 26.7 Å². The van der Waals surface area contributed by atoms with Crippen molar-refractivity contribution in [1.29, 1.82) is 0 Å². The molecule has 36 heavy (non-hydrogen) atoms. The Balaban J connectivity index is 1.36. The molecule has 6 heteroatoms. The number of ether oxygens (including phenoxy) is 1. The van der Waals surface area contributed by atoms with Gasteiger partial charge >= 0.3 is 0 Å². The first kappa shape index (κ1) is 25.1. The van der Waals surface area contributed by atoms with Crippen molar-refractivity contribution < 1.29 is 4.74 Å². The number of hydrogen-bond acceptors (Lipinski definition) is 4. The quantitative estimate of drug-likeness (QED) is 0.469. The van der Waals surface area contributed by atoms with E-state index in [0.29, 0.717) is 5.02 Å². The molecule has 2 aromatic carbocycles. The SMILES string of the molecule is COc1cc(-c2c[nH]c(=O)c(C)c2C)cc(Cl)c1CN1CCc2c(CC3CCNCC3)cccc2C1. The second-order valence-electron chi connectivity index (χ2n) is 10.3. The smallest absolute Gasteiger partial charge is 0.251 e. The van der Waals surface area contributed by atoms with Crippen LogP contribution in [0.2, 0.25) is 5.02 Å². The molecular formula is C30H36ClN3O2. The van der Waals surface area contributed by atoms with Gasteiger partial charge in [-0.25, -0.2) is 0 Å². The van der Waals surface area contributed by atoms with Gasteiger partial charge in [-0.3, -0.25) is 9.69 Å². The third-order valence-electron chi connectivity index (χ3n) is 8.13. The van der Waals surface area contributed by atoms with Crippen LogP contribution in [0.4, 0.5) is 0 Å². The number of pyridine rings is 1. The van der Waals surface area contributed by atoms with Gasteiger partial charge in [0.15, 0.2) is 0 Å². The Labute approximate surface area is 218 Å². The number of piperidine rings is 1. The molecule has 2 aliphatic rings. The van der Waals surface area contributed by atoms with Gasteiger partial charge in [-0.05, 0) is 98.5 Å². The van der Waals surface area contributed by atoms with Gasteiger partial charge in [0.25, 0.3) is 5.56 Å². The van der Waals surface area contributed by atoms with Crippen molar-refractivity contribution in [2.24, 2.45) is 5.92 Å². The van der Waals surface area contributed by atoms with E-state index in [1.807, 2.05) is 26.0 Å². The van der Waals surface area contributed by atoms with Gasteiger partial charge in [-0.2, -0.15) is 0 Å². The molecule has 0 saturated carbocycles. The first-order valence-electron chi connectivity index (χ1n) is 13.0. The lowest BCUT2D eigenvalue weighted by Crippen LogP contribution is -2.32. The highest BCUT2D eigenvalue weighted by molar-refractivity contribution is 6.32. The molecule has 0 radical (unpaired) electrons. The molecule has 1 saturated heterocycles. The number of fused-ring (bicyclic) bond motifs is 1. The number of nitrogens with one attached hydrogen (secondary N) is 2. The standard InChI is InChI=1S/C30H36ClN3O2/c1-19-20(2)30(35)33-16-26(19)24-14-28(31)27(29(15-24)36-3)18-34-12-9-25-22(5-4-6-23(25)17-34)13-21-7-10-32-11-8-21/h4-6,14-16,21,32H,7-13,17-18H2,1-3H3,(H,33,35). The third-order valence-corrected chi connectivity index (χ3v) is 8.47. The Morgan fingerprint density at radius 2 is 1.94 bits per heavy atom. The predicted octanol–water partition coefficient (Wildman–Crippen LogP) is 5.42. The average Bonchev–Trinajstić information content (AvgIpc) is 2.89. The average molecular weight is 506 g/mol. The van der Waals surface area contributed by atoms with Gasteiger partial charge in [0, 0.05) is 47.5 Å². The lowest BCUT2D eigenvalue weighted by Gasteiger charge is -2.32. The zero-order valence-corrected chi connectivity index (χ0v) is 22.3. The number of benzene rings is 2. The molecule has 0 unspecified atom stereocenters. The van der Waals surface area contributed by atoms with E-state index in [1.165, 1.54) is 24.8 Å². The highest BCUT2D eigenvalue weighted by atomic mass is 35.5. The number of nitrogens with zero attached hydrogens (tertiary/aromatic N) is 1. The van der Waals surface area contributed by atoms with Crippen LogP contribution in [-0.2, 0) is 25.9 Å². The minimum atomic E-state index is -0.0600. The van der Waals surface area contributed by atoms with Crippen molar-refractivity contribution in [3.05, 3.63) is 85.3 Å². The molecular weight excluding hydrogens is 470 g/mol. The number of rotatable bonds is 6. The van der Waals surface area contributed by atoms with Crippen LogP contribution >= 0.6 is 11.6 Å². The van der Waals surface area contributed by atoms with Crippen LogP contribution in [0, 0.1) is 19.8 Å². The van der Waals surface area contributed by atoms with Crippen molar-refractivity contribution in [2.45, 2.75) is 52.6 Å². The summed E-state index contributed by atoms with van der Waals surface area (Å²) in [4.78, 5) is 17.3. The van der Waals surface area contributed by atoms with Gasteiger partial charge in [0.2, 0.25) is 0 Å². The van der Waals surface area contributed by atoms with E-state index in [0.717, 1.165) is 78.6 Å². The fraction of sp³-hybridized carbons (Fsp3) is 0.433. The van der Waals surface area contributed by atoms with Crippen LogP contribution in [0.3, 0.4) is 0 Å². The number of hydrogen-bond donors (Lipinski definition) is 2. The molecule has 3 heterocycles. The lowest BCUT2D eigenvalue weighted by molar-refractivity contribution is 0.241. The molecule has 5 nitrogen and oxygen atoms in total. The zero-order chi connectivity index (χ0) is 25.2. The molecule has 3 aromatic rings. The van der Waals surface area contributed by atoms with Crippen LogP contribution in [-0.4, -0.2) is 36.6 Å². The van der Waals surface area contributed by atoms with Gasteiger partial charge in [0.1, 0.15) is 5.75 Å². The summed E-state index contributed by atoms with van der Waals surface area (Å²) < 4.78 is 5.81. The topological polar surface area (TPSA) is 57.4 Å². The van der Waals surface area contributed by atoms with Crippen molar-refractivity contribution in [3.63, 3.8) is 0 Å². The first-order valence-corrected chi connectivity index (χ1v) is 13.4. The number of aromatic nitrogens is 1. The van der Waals surface area contributed by atoms with Crippen LogP contribution in [0.5, 0.6) is 5.75 Å². The minimum Gasteiger partial charge on any atom is -0.496 e. The predicted molar refractivity (Wildman–Crippen MR) is 147 cm³/mol.